The Labute approximate surface area is 102 Å². The van der Waals surface area contributed by atoms with Gasteiger partial charge in [-0.05, 0) is 31.9 Å². The van der Waals surface area contributed by atoms with E-state index in [0.29, 0.717) is 11.6 Å². The number of halogens is 1. The molecule has 2 N–H and O–H groups in total. The minimum absolute atomic E-state index is 0.0710. The molecule has 0 aliphatic rings. The first kappa shape index (κ1) is 13.1. The van der Waals surface area contributed by atoms with Gasteiger partial charge in [0.15, 0.2) is 0 Å². The summed E-state index contributed by atoms with van der Waals surface area (Å²) in [4.78, 5) is 0. The Balaban J connectivity index is 2.80. The second-order valence-corrected chi connectivity index (χ2v) is 4.23. The molecule has 1 unspecified atom stereocenters. The Bertz CT molecular complexity index is 350. The zero-order valence-electron chi connectivity index (χ0n) is 9.58. The van der Waals surface area contributed by atoms with Gasteiger partial charge in [-0.1, -0.05) is 23.7 Å². The molecular formula is C13H18ClNO. The fourth-order valence-corrected chi connectivity index (χ4v) is 1.69. The molecular weight excluding hydrogens is 222 g/mol. The van der Waals surface area contributed by atoms with Gasteiger partial charge in [-0.3, -0.25) is 0 Å². The van der Waals surface area contributed by atoms with E-state index in [2.05, 4.69) is 6.58 Å². The van der Waals surface area contributed by atoms with E-state index in [1.54, 1.807) is 0 Å². The molecule has 0 aliphatic heterocycles. The van der Waals surface area contributed by atoms with Gasteiger partial charge in [0, 0.05) is 16.6 Å². The van der Waals surface area contributed by atoms with Crippen molar-refractivity contribution in [2.45, 2.75) is 25.8 Å². The summed E-state index contributed by atoms with van der Waals surface area (Å²) in [7, 11) is 0. The van der Waals surface area contributed by atoms with Gasteiger partial charge in [-0.15, -0.1) is 6.58 Å². The molecule has 0 aromatic heterocycles. The van der Waals surface area contributed by atoms with Crippen LogP contribution in [-0.2, 0) is 6.42 Å². The molecule has 88 valence electrons. The quantitative estimate of drug-likeness (QED) is 0.611. The summed E-state index contributed by atoms with van der Waals surface area (Å²) in [6, 6.07) is 5.74. The lowest BCUT2D eigenvalue weighted by atomic mass is 10.1. The van der Waals surface area contributed by atoms with Crippen LogP contribution in [0.5, 0.6) is 5.75 Å². The molecule has 0 saturated carbocycles. The first-order chi connectivity index (χ1) is 7.65. The Hall–Kier alpha value is -0.990. The molecule has 0 bridgehead atoms. The van der Waals surface area contributed by atoms with Gasteiger partial charge in [0.25, 0.3) is 0 Å². The van der Waals surface area contributed by atoms with Crippen molar-refractivity contribution in [3.8, 4) is 5.75 Å². The number of rotatable bonds is 6. The second-order valence-electron chi connectivity index (χ2n) is 3.82. The highest BCUT2D eigenvalue weighted by atomic mass is 35.5. The van der Waals surface area contributed by atoms with Crippen molar-refractivity contribution >= 4 is 11.6 Å². The van der Waals surface area contributed by atoms with Crippen LogP contribution in [0.2, 0.25) is 5.02 Å². The maximum absolute atomic E-state index is 6.13. The minimum Gasteiger partial charge on any atom is -0.493 e. The molecule has 0 spiro atoms. The van der Waals surface area contributed by atoms with Crippen molar-refractivity contribution in [2.75, 3.05) is 6.61 Å². The van der Waals surface area contributed by atoms with E-state index < -0.39 is 0 Å². The molecule has 1 rings (SSSR count). The van der Waals surface area contributed by atoms with Crippen molar-refractivity contribution in [2.24, 2.45) is 5.73 Å². The van der Waals surface area contributed by atoms with Crippen molar-refractivity contribution in [3.05, 3.63) is 41.4 Å². The van der Waals surface area contributed by atoms with Crippen LogP contribution in [0.4, 0.5) is 0 Å². The van der Waals surface area contributed by atoms with Gasteiger partial charge in [0.2, 0.25) is 0 Å². The predicted molar refractivity (Wildman–Crippen MR) is 69.1 cm³/mol. The van der Waals surface area contributed by atoms with Gasteiger partial charge in [-0.25, -0.2) is 0 Å². The van der Waals surface area contributed by atoms with E-state index in [1.807, 2.05) is 31.2 Å². The Morgan fingerprint density at radius 1 is 1.56 bits per heavy atom. The monoisotopic (exact) mass is 239 g/mol. The van der Waals surface area contributed by atoms with Crippen molar-refractivity contribution in [1.82, 2.24) is 0 Å². The van der Waals surface area contributed by atoms with Crippen molar-refractivity contribution in [3.63, 3.8) is 0 Å². The topological polar surface area (TPSA) is 35.2 Å². The zero-order chi connectivity index (χ0) is 12.0. The van der Waals surface area contributed by atoms with E-state index in [0.717, 1.165) is 24.2 Å². The third kappa shape index (κ3) is 3.87. The highest BCUT2D eigenvalue weighted by Gasteiger charge is 2.09. The standard InChI is InChI=1S/C13H18ClNO/c1-3-4-8-16-13-7-5-6-12(14)11(13)9-10(2)15/h3,5-7,10H,1,4,8-9,15H2,2H3. The summed E-state index contributed by atoms with van der Waals surface area (Å²) in [5.74, 6) is 0.826. The smallest absolute Gasteiger partial charge is 0.124 e. The Morgan fingerprint density at radius 2 is 2.31 bits per heavy atom. The Morgan fingerprint density at radius 3 is 2.94 bits per heavy atom. The average Bonchev–Trinajstić information content (AvgIpc) is 2.23. The first-order valence-corrected chi connectivity index (χ1v) is 5.79. The van der Waals surface area contributed by atoms with Gasteiger partial charge in [0.05, 0.1) is 6.61 Å². The fraction of sp³-hybridized carbons (Fsp3) is 0.385. The molecule has 1 aromatic carbocycles. The van der Waals surface area contributed by atoms with Crippen LogP contribution in [0, 0.1) is 0 Å². The van der Waals surface area contributed by atoms with E-state index in [-0.39, 0.29) is 6.04 Å². The molecule has 0 radical (unpaired) electrons. The summed E-state index contributed by atoms with van der Waals surface area (Å²) >= 11 is 6.13. The van der Waals surface area contributed by atoms with Crippen LogP contribution >= 0.6 is 11.6 Å². The summed E-state index contributed by atoms with van der Waals surface area (Å²) < 4.78 is 5.65. The number of benzene rings is 1. The van der Waals surface area contributed by atoms with Crippen LogP contribution < -0.4 is 10.5 Å². The number of hydrogen-bond acceptors (Lipinski definition) is 2. The molecule has 16 heavy (non-hydrogen) atoms. The van der Waals surface area contributed by atoms with Crippen molar-refractivity contribution in [1.29, 1.82) is 0 Å². The van der Waals surface area contributed by atoms with E-state index >= 15 is 0 Å². The minimum atomic E-state index is 0.0710. The number of hydrogen-bond donors (Lipinski definition) is 1. The molecule has 1 aromatic rings. The zero-order valence-corrected chi connectivity index (χ0v) is 10.3. The van der Waals surface area contributed by atoms with Crippen molar-refractivity contribution < 1.29 is 4.74 Å². The molecule has 0 amide bonds. The van der Waals surface area contributed by atoms with Crippen LogP contribution in [0.1, 0.15) is 18.9 Å². The summed E-state index contributed by atoms with van der Waals surface area (Å²) in [6.45, 7) is 6.23. The molecule has 3 heteroatoms. The molecule has 0 heterocycles. The van der Waals surface area contributed by atoms with Crippen LogP contribution in [0.15, 0.2) is 30.9 Å². The lowest BCUT2D eigenvalue weighted by Gasteiger charge is -2.14. The largest absolute Gasteiger partial charge is 0.493 e. The summed E-state index contributed by atoms with van der Waals surface area (Å²) in [5.41, 5.74) is 6.78. The molecule has 1 atom stereocenters. The van der Waals surface area contributed by atoms with Crippen LogP contribution in [0.25, 0.3) is 0 Å². The highest BCUT2D eigenvalue weighted by Crippen LogP contribution is 2.27. The van der Waals surface area contributed by atoms with E-state index in [9.17, 15) is 0 Å². The van der Waals surface area contributed by atoms with E-state index in [1.165, 1.54) is 0 Å². The van der Waals surface area contributed by atoms with Crippen LogP contribution in [-0.4, -0.2) is 12.6 Å². The molecule has 0 saturated heterocycles. The maximum atomic E-state index is 6.13. The number of nitrogens with two attached hydrogens (primary N) is 1. The van der Waals surface area contributed by atoms with E-state index in [4.69, 9.17) is 22.1 Å². The summed E-state index contributed by atoms with van der Waals surface area (Å²) in [6.07, 6.45) is 3.38. The van der Waals surface area contributed by atoms with Gasteiger partial charge in [0.1, 0.15) is 5.75 Å². The molecule has 0 fully saturated rings. The lowest BCUT2D eigenvalue weighted by Crippen LogP contribution is -2.18. The highest BCUT2D eigenvalue weighted by molar-refractivity contribution is 6.31. The third-order valence-electron chi connectivity index (χ3n) is 2.18. The second kappa shape index (κ2) is 6.56. The van der Waals surface area contributed by atoms with Crippen LogP contribution in [0.3, 0.4) is 0 Å². The maximum Gasteiger partial charge on any atom is 0.124 e. The van der Waals surface area contributed by atoms with Gasteiger partial charge < -0.3 is 10.5 Å². The lowest BCUT2D eigenvalue weighted by molar-refractivity contribution is 0.321. The third-order valence-corrected chi connectivity index (χ3v) is 2.54. The Kier molecular flexibility index (Phi) is 5.36. The number of ether oxygens (including phenoxy) is 1. The molecule has 0 aliphatic carbocycles. The van der Waals surface area contributed by atoms with Gasteiger partial charge in [-0.2, -0.15) is 0 Å². The summed E-state index contributed by atoms with van der Waals surface area (Å²) in [5, 5.41) is 0.716. The SMILES string of the molecule is C=CCCOc1cccc(Cl)c1CC(C)N. The fourth-order valence-electron chi connectivity index (χ4n) is 1.45. The molecule has 2 nitrogen and oxygen atoms in total. The predicted octanol–water partition coefficient (Wildman–Crippen LogP) is 3.18. The average molecular weight is 240 g/mol. The normalized spacial score (nSPS) is 12.2. The first-order valence-electron chi connectivity index (χ1n) is 5.41. The van der Waals surface area contributed by atoms with Gasteiger partial charge >= 0.3 is 0 Å².